The Morgan fingerprint density at radius 3 is 3.18 bits per heavy atom. The normalized spacial score (nSPS) is 19.1. The summed E-state index contributed by atoms with van der Waals surface area (Å²) in [6.07, 6.45) is 7.33. The highest BCUT2D eigenvalue weighted by Crippen LogP contribution is 2.34. The maximum absolute atomic E-state index is 12.7. The Morgan fingerprint density at radius 2 is 2.36 bits per heavy atom. The molecule has 2 aliphatic rings. The standard InChI is InChI=1S/C20H25N5O2S/c1-2-3-13-4-5-15-17(10-13)28-20(23-15)24-19(27)16-11-14(6-7-21-16)25-9-8-22-18(26)12-25/h6-7,11,13H,2-5,8-10,12H2,1H3,(H,22,26)(H,23,24,27)/t13-/m1/s1. The van der Waals surface area contributed by atoms with Crippen LogP contribution >= 0.6 is 11.3 Å². The second kappa shape index (κ2) is 8.26. The highest BCUT2D eigenvalue weighted by Gasteiger charge is 2.23. The topological polar surface area (TPSA) is 87.2 Å². The van der Waals surface area contributed by atoms with E-state index in [-0.39, 0.29) is 11.8 Å². The Labute approximate surface area is 168 Å². The van der Waals surface area contributed by atoms with Gasteiger partial charge in [0.25, 0.3) is 5.91 Å². The molecule has 0 spiro atoms. The fraction of sp³-hybridized carbons (Fsp3) is 0.500. The third-order valence-corrected chi connectivity index (χ3v) is 6.37. The van der Waals surface area contributed by atoms with Crippen molar-refractivity contribution in [1.29, 1.82) is 0 Å². The summed E-state index contributed by atoms with van der Waals surface area (Å²) in [5.74, 6) is 0.463. The van der Waals surface area contributed by atoms with Crippen molar-refractivity contribution < 1.29 is 9.59 Å². The smallest absolute Gasteiger partial charge is 0.276 e. The third kappa shape index (κ3) is 4.16. The van der Waals surface area contributed by atoms with E-state index in [0.717, 1.165) is 36.7 Å². The van der Waals surface area contributed by atoms with Crippen molar-refractivity contribution >= 4 is 34.0 Å². The fourth-order valence-electron chi connectivity index (χ4n) is 3.91. The molecule has 1 aliphatic heterocycles. The molecular formula is C20H25N5O2S. The van der Waals surface area contributed by atoms with Crippen LogP contribution in [0.15, 0.2) is 18.3 Å². The lowest BCUT2D eigenvalue weighted by Crippen LogP contribution is -2.47. The number of thiazole rings is 1. The van der Waals surface area contributed by atoms with E-state index in [1.807, 2.05) is 11.0 Å². The van der Waals surface area contributed by atoms with E-state index in [1.54, 1.807) is 23.6 Å². The van der Waals surface area contributed by atoms with Crippen molar-refractivity contribution in [1.82, 2.24) is 15.3 Å². The lowest BCUT2D eigenvalue weighted by Gasteiger charge is -2.28. The lowest BCUT2D eigenvalue weighted by atomic mass is 9.88. The van der Waals surface area contributed by atoms with Crippen LogP contribution in [0.2, 0.25) is 0 Å². The third-order valence-electron chi connectivity index (χ3n) is 5.34. The number of carbonyl (C=O) groups is 2. The number of aromatic nitrogens is 2. The molecule has 0 unspecified atom stereocenters. The molecule has 0 saturated carbocycles. The number of nitrogens with one attached hydrogen (secondary N) is 2. The van der Waals surface area contributed by atoms with E-state index in [2.05, 4.69) is 27.5 Å². The zero-order valence-corrected chi connectivity index (χ0v) is 16.8. The van der Waals surface area contributed by atoms with Crippen LogP contribution in [-0.4, -0.2) is 41.4 Å². The van der Waals surface area contributed by atoms with Crippen molar-refractivity contribution in [3.05, 3.63) is 34.6 Å². The Morgan fingerprint density at radius 1 is 1.46 bits per heavy atom. The van der Waals surface area contributed by atoms with Gasteiger partial charge in [0.05, 0.1) is 12.2 Å². The Balaban J connectivity index is 1.44. The largest absolute Gasteiger partial charge is 0.360 e. The van der Waals surface area contributed by atoms with E-state index in [1.165, 1.54) is 24.1 Å². The first kappa shape index (κ1) is 18.9. The summed E-state index contributed by atoms with van der Waals surface area (Å²) in [5, 5.41) is 6.36. The van der Waals surface area contributed by atoms with Crippen LogP contribution in [0, 0.1) is 5.92 Å². The van der Waals surface area contributed by atoms with Crippen LogP contribution in [0.1, 0.15) is 47.2 Å². The maximum atomic E-state index is 12.7. The Bertz CT molecular complexity index is 881. The number of pyridine rings is 1. The molecule has 0 aromatic carbocycles. The predicted octanol–water partition coefficient (Wildman–Crippen LogP) is 2.63. The van der Waals surface area contributed by atoms with E-state index >= 15 is 0 Å². The summed E-state index contributed by atoms with van der Waals surface area (Å²) >= 11 is 1.59. The number of fused-ring (bicyclic) bond motifs is 1. The number of hydrogen-bond donors (Lipinski definition) is 2. The van der Waals surface area contributed by atoms with Gasteiger partial charge < -0.3 is 10.2 Å². The number of amides is 2. The highest BCUT2D eigenvalue weighted by atomic mass is 32.1. The summed E-state index contributed by atoms with van der Waals surface area (Å²) in [6.45, 7) is 3.84. The van der Waals surface area contributed by atoms with Gasteiger partial charge in [0.1, 0.15) is 5.69 Å². The molecule has 1 aliphatic carbocycles. The van der Waals surface area contributed by atoms with Crippen LogP contribution in [0.3, 0.4) is 0 Å². The van der Waals surface area contributed by atoms with E-state index < -0.39 is 0 Å². The van der Waals surface area contributed by atoms with Crippen LogP contribution in [0.25, 0.3) is 0 Å². The minimum atomic E-state index is -0.264. The first-order chi connectivity index (χ1) is 13.6. The SMILES string of the molecule is CCC[C@@H]1CCc2nc(NC(=O)c3cc(N4CCNC(=O)C4)ccn3)sc2C1. The summed E-state index contributed by atoms with van der Waals surface area (Å²) < 4.78 is 0. The van der Waals surface area contributed by atoms with Crippen molar-refractivity contribution in [2.24, 2.45) is 5.92 Å². The molecule has 1 fully saturated rings. The maximum Gasteiger partial charge on any atom is 0.276 e. The average Bonchev–Trinajstić information content (AvgIpc) is 3.10. The van der Waals surface area contributed by atoms with Crippen LogP contribution in [0.5, 0.6) is 0 Å². The molecule has 2 aromatic heterocycles. The van der Waals surface area contributed by atoms with Crippen molar-refractivity contribution in [2.75, 3.05) is 29.9 Å². The number of rotatable bonds is 5. The zero-order valence-electron chi connectivity index (χ0n) is 16.0. The molecule has 2 N–H and O–H groups in total. The minimum Gasteiger partial charge on any atom is -0.360 e. The summed E-state index contributed by atoms with van der Waals surface area (Å²) in [4.78, 5) is 36.4. The molecule has 1 atom stereocenters. The molecule has 2 amide bonds. The molecule has 1 saturated heterocycles. The number of anilines is 2. The van der Waals surface area contributed by atoms with Gasteiger partial charge in [-0.25, -0.2) is 4.98 Å². The van der Waals surface area contributed by atoms with Crippen LogP contribution in [-0.2, 0) is 17.6 Å². The van der Waals surface area contributed by atoms with Gasteiger partial charge in [0.2, 0.25) is 5.91 Å². The highest BCUT2D eigenvalue weighted by molar-refractivity contribution is 7.15. The van der Waals surface area contributed by atoms with E-state index in [0.29, 0.717) is 23.9 Å². The monoisotopic (exact) mass is 399 g/mol. The molecule has 28 heavy (non-hydrogen) atoms. The number of hydrogen-bond acceptors (Lipinski definition) is 6. The minimum absolute atomic E-state index is 0.0104. The second-order valence-electron chi connectivity index (χ2n) is 7.41. The summed E-state index contributed by atoms with van der Waals surface area (Å²) in [7, 11) is 0. The molecule has 7 nitrogen and oxygen atoms in total. The second-order valence-corrected chi connectivity index (χ2v) is 8.49. The van der Waals surface area contributed by atoms with Gasteiger partial charge in [-0.3, -0.25) is 19.9 Å². The molecule has 4 rings (SSSR count). The van der Waals surface area contributed by atoms with Crippen LogP contribution in [0.4, 0.5) is 10.8 Å². The number of carbonyl (C=O) groups excluding carboxylic acids is 2. The van der Waals surface area contributed by atoms with Gasteiger partial charge in [-0.2, -0.15) is 0 Å². The van der Waals surface area contributed by atoms with Gasteiger partial charge in [0.15, 0.2) is 5.13 Å². The predicted molar refractivity (Wildman–Crippen MR) is 110 cm³/mol. The molecule has 0 radical (unpaired) electrons. The quantitative estimate of drug-likeness (QED) is 0.807. The number of aryl methyl sites for hydroxylation is 1. The van der Waals surface area contributed by atoms with Gasteiger partial charge >= 0.3 is 0 Å². The summed E-state index contributed by atoms with van der Waals surface area (Å²) in [6, 6.07) is 3.56. The molecule has 0 bridgehead atoms. The summed E-state index contributed by atoms with van der Waals surface area (Å²) in [5.41, 5.74) is 2.30. The molecule has 2 aromatic rings. The Hall–Kier alpha value is -2.48. The van der Waals surface area contributed by atoms with Gasteiger partial charge in [-0.1, -0.05) is 19.8 Å². The molecular weight excluding hydrogens is 374 g/mol. The van der Waals surface area contributed by atoms with Crippen molar-refractivity contribution in [3.63, 3.8) is 0 Å². The fourth-order valence-corrected chi connectivity index (χ4v) is 5.03. The first-order valence-corrected chi connectivity index (χ1v) is 10.7. The zero-order chi connectivity index (χ0) is 19.5. The lowest BCUT2D eigenvalue weighted by molar-refractivity contribution is -0.120. The first-order valence-electron chi connectivity index (χ1n) is 9.90. The average molecular weight is 400 g/mol. The van der Waals surface area contributed by atoms with E-state index in [4.69, 9.17) is 0 Å². The van der Waals surface area contributed by atoms with Crippen LogP contribution < -0.4 is 15.5 Å². The van der Waals surface area contributed by atoms with Gasteiger partial charge in [-0.05, 0) is 37.3 Å². The van der Waals surface area contributed by atoms with E-state index in [9.17, 15) is 9.59 Å². The molecule has 3 heterocycles. The van der Waals surface area contributed by atoms with Gasteiger partial charge in [-0.15, -0.1) is 11.3 Å². The van der Waals surface area contributed by atoms with Crippen molar-refractivity contribution in [3.8, 4) is 0 Å². The number of nitrogens with zero attached hydrogens (tertiary/aromatic N) is 3. The Kier molecular flexibility index (Phi) is 5.57. The number of piperazine rings is 1. The molecule has 8 heteroatoms. The van der Waals surface area contributed by atoms with Crippen molar-refractivity contribution in [2.45, 2.75) is 39.0 Å². The van der Waals surface area contributed by atoms with Gasteiger partial charge in [0, 0.05) is 29.9 Å². The molecule has 148 valence electrons.